The maximum atomic E-state index is 14.2. The topological polar surface area (TPSA) is 127 Å². The highest BCUT2D eigenvalue weighted by Gasteiger charge is 2.56. The van der Waals surface area contributed by atoms with Gasteiger partial charge in [0.15, 0.2) is 0 Å². The van der Waals surface area contributed by atoms with Crippen molar-refractivity contribution in [2.75, 3.05) is 41.9 Å². The minimum Gasteiger partial charge on any atom is -0.497 e. The second kappa shape index (κ2) is 14.3. The minimum atomic E-state index is -0.812. The first-order chi connectivity index (χ1) is 23.7. The molecular weight excluding hydrogens is 665 g/mol. The summed E-state index contributed by atoms with van der Waals surface area (Å²) in [5.41, 5.74) is 3.08. The molecule has 3 atom stereocenters. The maximum absolute atomic E-state index is 14.2. The first kappa shape index (κ1) is 34.0. The Kier molecular flexibility index (Phi) is 9.93. The van der Waals surface area contributed by atoms with Gasteiger partial charge in [0.25, 0.3) is 0 Å². The molecule has 1 aromatic heterocycles. The number of benzene rings is 3. The maximum Gasteiger partial charge on any atom is 0.338 e. The molecule has 1 N–H and O–H groups in total. The zero-order chi connectivity index (χ0) is 34.8. The molecule has 2 aliphatic heterocycles. The number of thiazole rings is 1. The van der Waals surface area contributed by atoms with E-state index in [4.69, 9.17) is 9.47 Å². The second-order valence-corrected chi connectivity index (χ2v) is 13.6. The van der Waals surface area contributed by atoms with Crippen LogP contribution in [0.5, 0.6) is 5.75 Å². The standard InChI is InChI=1S/C36H36N4O7S2/c1-5-38(6-2)24-14-10-21(11-15-24)28-29-30(33(43)40(32(29)42)25-16-18-26(46-4)19-17-25)48-34-31(28)49-36(45)39(34)20-27(41)37-23-12-8-22(9-13-23)35(44)47-7-3/h8-19,28-30H,5-7,20H2,1-4H3,(H,37,41). The van der Waals surface area contributed by atoms with Crippen LogP contribution < -0.4 is 24.7 Å². The van der Waals surface area contributed by atoms with Gasteiger partial charge in [0.2, 0.25) is 17.7 Å². The number of hydrogen-bond acceptors (Lipinski definition) is 10. The van der Waals surface area contributed by atoms with Crippen LogP contribution in [0.1, 0.15) is 47.5 Å². The normalized spacial score (nSPS) is 18.1. The fraction of sp³-hybridized carbons (Fsp3) is 0.306. The van der Waals surface area contributed by atoms with Gasteiger partial charge in [-0.05, 0) is 87.0 Å². The molecule has 13 heteroatoms. The minimum absolute atomic E-state index is 0.248. The van der Waals surface area contributed by atoms with E-state index in [1.54, 1.807) is 62.6 Å². The van der Waals surface area contributed by atoms with Gasteiger partial charge in [-0.1, -0.05) is 35.2 Å². The van der Waals surface area contributed by atoms with Crippen molar-refractivity contribution in [3.63, 3.8) is 0 Å². The molecule has 3 amide bonds. The molecule has 49 heavy (non-hydrogen) atoms. The molecule has 254 valence electrons. The Labute approximate surface area is 291 Å². The zero-order valence-electron chi connectivity index (χ0n) is 27.5. The molecule has 0 spiro atoms. The van der Waals surface area contributed by atoms with Crippen LogP contribution in [0, 0.1) is 5.92 Å². The van der Waals surface area contributed by atoms with Crippen LogP contribution >= 0.6 is 23.1 Å². The Morgan fingerprint density at radius 1 is 0.878 bits per heavy atom. The van der Waals surface area contributed by atoms with Gasteiger partial charge in [-0.3, -0.25) is 23.7 Å². The third kappa shape index (κ3) is 6.47. The summed E-state index contributed by atoms with van der Waals surface area (Å²) < 4.78 is 11.7. The van der Waals surface area contributed by atoms with Crippen molar-refractivity contribution >= 4 is 63.9 Å². The average Bonchev–Trinajstić information content (AvgIpc) is 3.55. The Morgan fingerprint density at radius 2 is 1.55 bits per heavy atom. The Bertz CT molecular complexity index is 1930. The van der Waals surface area contributed by atoms with Gasteiger partial charge in [0, 0.05) is 35.3 Å². The van der Waals surface area contributed by atoms with Crippen LogP contribution in [-0.4, -0.2) is 60.3 Å². The van der Waals surface area contributed by atoms with E-state index in [0.29, 0.717) is 32.6 Å². The first-order valence-corrected chi connectivity index (χ1v) is 17.7. The molecule has 2 aliphatic rings. The summed E-state index contributed by atoms with van der Waals surface area (Å²) in [6.07, 6.45) is 0. The predicted octanol–water partition coefficient (Wildman–Crippen LogP) is 5.38. The van der Waals surface area contributed by atoms with Crippen molar-refractivity contribution in [2.24, 2.45) is 5.92 Å². The summed E-state index contributed by atoms with van der Waals surface area (Å²) in [4.78, 5) is 70.8. The first-order valence-electron chi connectivity index (χ1n) is 16.0. The molecule has 1 fully saturated rings. The van der Waals surface area contributed by atoms with Crippen molar-refractivity contribution in [3.05, 3.63) is 98.5 Å². The molecule has 0 aliphatic carbocycles. The number of rotatable bonds is 11. The lowest BCUT2D eigenvalue weighted by atomic mass is 9.83. The van der Waals surface area contributed by atoms with Crippen LogP contribution in [0.15, 0.2) is 82.6 Å². The monoisotopic (exact) mass is 700 g/mol. The van der Waals surface area contributed by atoms with Crippen molar-refractivity contribution in [1.29, 1.82) is 0 Å². The van der Waals surface area contributed by atoms with Crippen LogP contribution in [0.3, 0.4) is 0 Å². The summed E-state index contributed by atoms with van der Waals surface area (Å²) in [5, 5.41) is 2.47. The average molecular weight is 701 g/mol. The summed E-state index contributed by atoms with van der Waals surface area (Å²) in [5.74, 6) is -2.38. The molecule has 3 aromatic carbocycles. The number of aromatic nitrogens is 1. The number of esters is 1. The highest BCUT2D eigenvalue weighted by atomic mass is 32.2. The number of anilines is 3. The van der Waals surface area contributed by atoms with Crippen LogP contribution in [0.25, 0.3) is 0 Å². The molecule has 0 radical (unpaired) electrons. The van der Waals surface area contributed by atoms with Crippen molar-refractivity contribution in [1.82, 2.24) is 4.57 Å². The highest BCUT2D eigenvalue weighted by Crippen LogP contribution is 2.54. The van der Waals surface area contributed by atoms with Crippen molar-refractivity contribution in [2.45, 2.75) is 43.5 Å². The lowest BCUT2D eigenvalue weighted by molar-refractivity contribution is -0.122. The van der Waals surface area contributed by atoms with Gasteiger partial charge in [-0.2, -0.15) is 0 Å². The predicted molar refractivity (Wildman–Crippen MR) is 190 cm³/mol. The van der Waals surface area contributed by atoms with Gasteiger partial charge in [-0.25, -0.2) is 9.69 Å². The smallest absolute Gasteiger partial charge is 0.338 e. The number of nitrogens with one attached hydrogen (secondary N) is 1. The molecule has 4 aromatic rings. The number of methoxy groups -OCH3 is 1. The number of carbonyl (C=O) groups excluding carboxylic acids is 4. The summed E-state index contributed by atoms with van der Waals surface area (Å²) >= 11 is 2.16. The Hall–Kier alpha value is -4.88. The van der Waals surface area contributed by atoms with Crippen LogP contribution in [0.2, 0.25) is 0 Å². The number of amides is 3. The summed E-state index contributed by atoms with van der Waals surface area (Å²) in [6.45, 7) is 7.49. The van der Waals surface area contributed by atoms with E-state index >= 15 is 0 Å². The van der Waals surface area contributed by atoms with E-state index in [0.717, 1.165) is 47.4 Å². The molecule has 3 unspecified atom stereocenters. The quantitative estimate of drug-likeness (QED) is 0.162. The SMILES string of the molecule is CCOC(=O)c1ccc(NC(=O)Cn2c3c(sc2=O)C(c2ccc(N(CC)CC)cc2)C2C(=O)N(c4ccc(OC)cc4)C(=O)C2S3)cc1. The van der Waals surface area contributed by atoms with E-state index in [-0.39, 0.29) is 29.8 Å². The number of carbonyl (C=O) groups is 4. The molecule has 0 bridgehead atoms. The van der Waals surface area contributed by atoms with E-state index in [9.17, 15) is 24.0 Å². The lowest BCUT2D eigenvalue weighted by Crippen LogP contribution is -2.33. The molecular formula is C36H36N4O7S2. The van der Waals surface area contributed by atoms with E-state index in [1.165, 1.54) is 9.47 Å². The van der Waals surface area contributed by atoms with E-state index in [1.807, 2.05) is 24.3 Å². The van der Waals surface area contributed by atoms with Crippen LogP contribution in [0.4, 0.5) is 17.1 Å². The van der Waals surface area contributed by atoms with E-state index < -0.39 is 29.0 Å². The number of fused-ring (bicyclic) bond motifs is 2. The summed E-state index contributed by atoms with van der Waals surface area (Å²) in [6, 6.07) is 21.0. The Balaban J connectivity index is 1.35. The fourth-order valence-electron chi connectivity index (χ4n) is 6.33. The molecule has 6 rings (SSSR count). The van der Waals surface area contributed by atoms with Crippen molar-refractivity contribution in [3.8, 4) is 5.75 Å². The lowest BCUT2D eigenvalue weighted by Gasteiger charge is -2.31. The fourth-order valence-corrected chi connectivity index (χ4v) is 9.10. The second-order valence-electron chi connectivity index (χ2n) is 11.5. The highest BCUT2D eigenvalue weighted by molar-refractivity contribution is 8.00. The zero-order valence-corrected chi connectivity index (χ0v) is 29.1. The third-order valence-corrected chi connectivity index (χ3v) is 11.3. The molecule has 11 nitrogen and oxygen atoms in total. The summed E-state index contributed by atoms with van der Waals surface area (Å²) in [7, 11) is 1.54. The number of nitrogens with zero attached hydrogens (tertiary/aromatic N) is 3. The van der Waals surface area contributed by atoms with Gasteiger partial charge in [0.1, 0.15) is 17.5 Å². The molecule has 1 saturated heterocycles. The van der Waals surface area contributed by atoms with Gasteiger partial charge < -0.3 is 19.7 Å². The van der Waals surface area contributed by atoms with Crippen molar-refractivity contribution < 1.29 is 28.7 Å². The number of hydrogen-bond donors (Lipinski definition) is 1. The van der Waals surface area contributed by atoms with E-state index in [2.05, 4.69) is 24.1 Å². The number of imide groups is 1. The van der Waals surface area contributed by atoms with Gasteiger partial charge in [-0.15, -0.1) is 0 Å². The largest absolute Gasteiger partial charge is 0.497 e. The molecule has 0 saturated carbocycles. The third-order valence-electron chi connectivity index (χ3n) is 8.74. The molecule has 3 heterocycles. The Morgan fingerprint density at radius 3 is 2.16 bits per heavy atom. The number of ether oxygens (including phenoxy) is 2. The van der Waals surface area contributed by atoms with Gasteiger partial charge >= 0.3 is 10.8 Å². The number of thioether (sulfide) groups is 1. The van der Waals surface area contributed by atoms with Crippen LogP contribution in [-0.2, 0) is 25.7 Å². The van der Waals surface area contributed by atoms with Gasteiger partial charge in [0.05, 0.1) is 35.9 Å².